The van der Waals surface area contributed by atoms with Crippen molar-refractivity contribution >= 4 is 10.9 Å². The number of hydrogen-bond donors (Lipinski definition) is 1. The topological polar surface area (TPSA) is 40.2 Å². The van der Waals surface area contributed by atoms with Gasteiger partial charge < -0.3 is 4.57 Å². The van der Waals surface area contributed by atoms with Crippen LogP contribution in [-0.4, -0.2) is 4.57 Å². The fraction of sp³-hybridized carbons (Fsp3) is 0.385. The summed E-state index contributed by atoms with van der Waals surface area (Å²) in [5.41, 5.74) is 0.643. The number of nitrogens with zero attached hydrogens (tertiary/aromatic N) is 1. The first-order valence-electron chi connectivity index (χ1n) is 5.87. The van der Waals surface area contributed by atoms with Crippen LogP contribution in [0, 0.1) is 0 Å². The summed E-state index contributed by atoms with van der Waals surface area (Å²) in [5, 5.41) is 0.744. The van der Waals surface area contributed by atoms with Gasteiger partial charge in [0, 0.05) is 17.3 Å². The molecule has 104 valence electrons. The average Bonchev–Trinajstić information content (AvgIpc) is 2.65. The molecule has 0 aliphatic heterocycles. The van der Waals surface area contributed by atoms with E-state index in [1.54, 1.807) is 10.6 Å². The van der Waals surface area contributed by atoms with E-state index in [1.807, 2.05) is 13.8 Å². The van der Waals surface area contributed by atoms with Gasteiger partial charge in [0.05, 0.1) is 5.56 Å². The van der Waals surface area contributed by atoms with Crippen LogP contribution in [0.25, 0.3) is 10.9 Å². The van der Waals surface area contributed by atoms with E-state index in [4.69, 9.17) is 5.90 Å². The first-order chi connectivity index (χ1) is 8.84. The summed E-state index contributed by atoms with van der Waals surface area (Å²) < 4.78 is 40.1. The van der Waals surface area contributed by atoms with Gasteiger partial charge in [-0.3, -0.25) is 4.84 Å². The summed E-state index contributed by atoms with van der Waals surface area (Å²) in [7, 11) is 0. The van der Waals surface area contributed by atoms with Crippen LogP contribution < -0.4 is 5.90 Å². The van der Waals surface area contributed by atoms with Crippen molar-refractivity contribution < 1.29 is 18.0 Å². The van der Waals surface area contributed by atoms with Crippen LogP contribution in [0.4, 0.5) is 13.2 Å². The Balaban J connectivity index is 2.66. The molecule has 0 bridgehead atoms. The van der Waals surface area contributed by atoms with Crippen LogP contribution in [0.2, 0.25) is 0 Å². The van der Waals surface area contributed by atoms with Crippen LogP contribution in [0.15, 0.2) is 24.3 Å². The summed E-state index contributed by atoms with van der Waals surface area (Å²) >= 11 is 0. The fourth-order valence-corrected chi connectivity index (χ4v) is 2.26. The zero-order valence-electron chi connectivity index (χ0n) is 10.7. The Morgan fingerprint density at radius 3 is 2.47 bits per heavy atom. The smallest absolute Gasteiger partial charge is 0.340 e. The molecular weight excluding hydrogens is 257 g/mol. The quantitative estimate of drug-likeness (QED) is 0.867. The molecule has 3 nitrogen and oxygen atoms in total. The van der Waals surface area contributed by atoms with Crippen molar-refractivity contribution in [3.63, 3.8) is 0 Å². The normalized spacial score (nSPS) is 12.6. The van der Waals surface area contributed by atoms with Crippen LogP contribution >= 0.6 is 0 Å². The third-order valence-electron chi connectivity index (χ3n) is 3.00. The molecule has 19 heavy (non-hydrogen) atoms. The predicted octanol–water partition coefficient (Wildman–Crippen LogP) is 3.63. The van der Waals surface area contributed by atoms with Gasteiger partial charge in [0.15, 0.2) is 0 Å². The third-order valence-corrected chi connectivity index (χ3v) is 3.00. The molecule has 0 saturated carbocycles. The van der Waals surface area contributed by atoms with Gasteiger partial charge >= 0.3 is 6.18 Å². The fourth-order valence-electron chi connectivity index (χ4n) is 2.26. The third kappa shape index (κ3) is 2.59. The molecule has 1 aromatic heterocycles. The van der Waals surface area contributed by atoms with Crippen molar-refractivity contribution in [3.05, 3.63) is 35.5 Å². The van der Waals surface area contributed by atoms with Gasteiger partial charge in [-0.2, -0.15) is 13.2 Å². The molecule has 2 rings (SSSR count). The lowest BCUT2D eigenvalue weighted by Crippen LogP contribution is -2.10. The SMILES string of the molecule is CC(C)n1c(CON)cc2ccc(C(F)(F)F)cc21. The summed E-state index contributed by atoms with van der Waals surface area (Å²) in [6.45, 7) is 3.97. The monoisotopic (exact) mass is 272 g/mol. The van der Waals surface area contributed by atoms with E-state index in [-0.39, 0.29) is 12.6 Å². The molecule has 2 N–H and O–H groups in total. The first kappa shape index (κ1) is 13.9. The molecule has 0 atom stereocenters. The van der Waals surface area contributed by atoms with E-state index in [9.17, 15) is 13.2 Å². The Kier molecular flexibility index (Phi) is 3.56. The highest BCUT2D eigenvalue weighted by atomic mass is 19.4. The van der Waals surface area contributed by atoms with Gasteiger partial charge in [-0.05, 0) is 37.4 Å². The van der Waals surface area contributed by atoms with Gasteiger partial charge in [-0.15, -0.1) is 0 Å². The Labute approximate surface area is 108 Å². The van der Waals surface area contributed by atoms with Crippen molar-refractivity contribution in [1.82, 2.24) is 4.57 Å². The lowest BCUT2D eigenvalue weighted by Gasteiger charge is -2.15. The Morgan fingerprint density at radius 1 is 1.26 bits per heavy atom. The predicted molar refractivity (Wildman–Crippen MR) is 66.3 cm³/mol. The van der Waals surface area contributed by atoms with Crippen LogP contribution in [-0.2, 0) is 17.6 Å². The van der Waals surface area contributed by atoms with Crippen molar-refractivity contribution in [3.8, 4) is 0 Å². The second-order valence-electron chi connectivity index (χ2n) is 4.68. The van der Waals surface area contributed by atoms with E-state index in [0.717, 1.165) is 23.2 Å². The maximum absolute atomic E-state index is 12.7. The molecule has 6 heteroatoms. The van der Waals surface area contributed by atoms with Crippen molar-refractivity contribution in [1.29, 1.82) is 0 Å². The molecule has 1 heterocycles. The number of hydrogen-bond acceptors (Lipinski definition) is 2. The van der Waals surface area contributed by atoms with Gasteiger partial charge in [0.2, 0.25) is 0 Å². The van der Waals surface area contributed by atoms with Crippen LogP contribution in [0.3, 0.4) is 0 Å². The second kappa shape index (κ2) is 4.86. The van der Waals surface area contributed by atoms with E-state index in [0.29, 0.717) is 5.52 Å². The average molecular weight is 272 g/mol. The summed E-state index contributed by atoms with van der Waals surface area (Å²) in [5.74, 6) is 5.06. The lowest BCUT2D eigenvalue weighted by atomic mass is 10.1. The molecule has 0 aliphatic carbocycles. The molecule has 0 aliphatic rings. The molecule has 0 saturated heterocycles. The molecule has 0 radical (unpaired) electrons. The van der Waals surface area contributed by atoms with Gasteiger partial charge in [0.1, 0.15) is 6.61 Å². The minimum atomic E-state index is -4.34. The highest BCUT2D eigenvalue weighted by Crippen LogP contribution is 2.33. The highest BCUT2D eigenvalue weighted by molar-refractivity contribution is 5.82. The molecule has 0 unspecified atom stereocenters. The van der Waals surface area contributed by atoms with Gasteiger partial charge in [0.25, 0.3) is 0 Å². The zero-order chi connectivity index (χ0) is 14.2. The minimum Gasteiger partial charge on any atom is -0.340 e. The number of fused-ring (bicyclic) bond motifs is 1. The first-order valence-corrected chi connectivity index (χ1v) is 5.87. The number of halogens is 3. The number of rotatable bonds is 3. The summed E-state index contributed by atoms with van der Waals surface area (Å²) in [6.07, 6.45) is -4.34. The number of alkyl halides is 3. The van der Waals surface area contributed by atoms with Crippen molar-refractivity contribution in [2.45, 2.75) is 32.7 Å². The van der Waals surface area contributed by atoms with Crippen LogP contribution in [0.5, 0.6) is 0 Å². The molecule has 1 aromatic carbocycles. The molecular formula is C13H15F3N2O. The Hall–Kier alpha value is -1.53. The van der Waals surface area contributed by atoms with Crippen molar-refractivity contribution in [2.24, 2.45) is 5.90 Å². The lowest BCUT2D eigenvalue weighted by molar-refractivity contribution is -0.137. The van der Waals surface area contributed by atoms with E-state index in [1.165, 1.54) is 6.07 Å². The Bertz CT molecular complexity index is 587. The van der Waals surface area contributed by atoms with E-state index in [2.05, 4.69) is 4.84 Å². The van der Waals surface area contributed by atoms with Gasteiger partial charge in [-0.25, -0.2) is 5.90 Å². The highest BCUT2D eigenvalue weighted by Gasteiger charge is 2.31. The second-order valence-corrected chi connectivity index (χ2v) is 4.68. The summed E-state index contributed by atoms with van der Waals surface area (Å²) in [4.78, 5) is 4.60. The van der Waals surface area contributed by atoms with Crippen LogP contribution in [0.1, 0.15) is 31.1 Å². The molecule has 2 aromatic rings. The minimum absolute atomic E-state index is 0.0196. The standard InChI is InChI=1S/C13H15F3N2O/c1-8(2)18-11(7-19-17)5-9-3-4-10(6-12(9)18)13(14,15)16/h3-6,8H,7,17H2,1-2H3. The molecule has 0 fully saturated rings. The number of aromatic nitrogens is 1. The maximum Gasteiger partial charge on any atom is 0.416 e. The number of benzene rings is 1. The molecule has 0 spiro atoms. The Morgan fingerprint density at radius 2 is 1.95 bits per heavy atom. The maximum atomic E-state index is 12.7. The van der Waals surface area contributed by atoms with E-state index >= 15 is 0 Å². The largest absolute Gasteiger partial charge is 0.416 e. The zero-order valence-corrected chi connectivity index (χ0v) is 10.7. The number of nitrogens with two attached hydrogens (primary N) is 1. The van der Waals surface area contributed by atoms with Crippen molar-refractivity contribution in [2.75, 3.05) is 0 Å². The molecule has 0 amide bonds. The summed E-state index contributed by atoms with van der Waals surface area (Å²) in [6, 6.07) is 5.53. The van der Waals surface area contributed by atoms with E-state index < -0.39 is 11.7 Å². The van der Waals surface area contributed by atoms with Gasteiger partial charge in [-0.1, -0.05) is 6.07 Å².